The second-order valence-electron chi connectivity index (χ2n) is 4.82. The molecule has 1 N–H and O–H groups in total. The van der Waals surface area contributed by atoms with Gasteiger partial charge < -0.3 is 5.11 Å². The fourth-order valence-electron chi connectivity index (χ4n) is 2.41. The number of hydrogen-bond acceptors (Lipinski definition) is 4. The second-order valence-corrected chi connectivity index (χ2v) is 4.82. The summed E-state index contributed by atoms with van der Waals surface area (Å²) >= 11 is 0. The number of para-hydroxylation sites is 1. The Bertz CT molecular complexity index is 746. The van der Waals surface area contributed by atoms with E-state index in [1.807, 2.05) is 24.3 Å². The molecule has 0 bridgehead atoms. The van der Waals surface area contributed by atoms with Crippen LogP contribution >= 0.6 is 0 Å². The molecule has 0 atom stereocenters. The van der Waals surface area contributed by atoms with Gasteiger partial charge in [-0.2, -0.15) is 0 Å². The Morgan fingerprint density at radius 1 is 1.10 bits per heavy atom. The highest BCUT2D eigenvalue weighted by atomic mass is 16.3. The van der Waals surface area contributed by atoms with E-state index in [1.54, 1.807) is 12.1 Å². The van der Waals surface area contributed by atoms with Crippen molar-refractivity contribution in [2.45, 2.75) is 19.3 Å². The molecule has 1 aromatic carbocycles. The fraction of sp³-hybridized carbons (Fsp3) is 0.188. The van der Waals surface area contributed by atoms with E-state index in [0.29, 0.717) is 24.8 Å². The fourth-order valence-corrected chi connectivity index (χ4v) is 2.41. The van der Waals surface area contributed by atoms with Gasteiger partial charge in [0.05, 0.1) is 5.52 Å². The van der Waals surface area contributed by atoms with Crippen LogP contribution in [-0.2, 0) is 4.79 Å². The van der Waals surface area contributed by atoms with Crippen molar-refractivity contribution in [2.24, 2.45) is 0 Å². The summed E-state index contributed by atoms with van der Waals surface area (Å²) in [6, 6.07) is 10.8. The lowest BCUT2D eigenvalue weighted by Gasteiger charge is -2.13. The molecule has 3 rings (SSSR count). The molecule has 1 aromatic heterocycles. The van der Waals surface area contributed by atoms with Crippen LogP contribution in [-0.4, -0.2) is 21.7 Å². The van der Waals surface area contributed by atoms with E-state index in [2.05, 4.69) is 4.98 Å². The summed E-state index contributed by atoms with van der Waals surface area (Å²) in [5.41, 5.74) is 0.793. The number of rotatable bonds is 2. The quantitative estimate of drug-likeness (QED) is 0.671. The summed E-state index contributed by atoms with van der Waals surface area (Å²) in [4.78, 5) is 28.5. The average molecular weight is 267 g/mol. The van der Waals surface area contributed by atoms with Crippen LogP contribution in [0, 0.1) is 0 Å². The van der Waals surface area contributed by atoms with Gasteiger partial charge >= 0.3 is 0 Å². The van der Waals surface area contributed by atoms with Crippen molar-refractivity contribution < 1.29 is 14.7 Å². The van der Waals surface area contributed by atoms with E-state index in [0.717, 1.165) is 5.39 Å². The first-order chi connectivity index (χ1) is 9.66. The highest BCUT2D eigenvalue weighted by Crippen LogP contribution is 2.23. The molecule has 4 heteroatoms. The number of hydrogen-bond donors (Lipinski definition) is 1. The number of nitrogens with zero attached hydrogens (tertiary/aromatic N) is 1. The number of ketones is 2. The Kier molecular flexibility index (Phi) is 3.06. The SMILES string of the molecule is O=C1CCCC(O)=C1C(=O)c1ccc2ccccc2n1. The topological polar surface area (TPSA) is 67.3 Å². The first kappa shape index (κ1) is 12.5. The maximum Gasteiger partial charge on any atom is 0.218 e. The van der Waals surface area contributed by atoms with Gasteiger partial charge in [-0.1, -0.05) is 24.3 Å². The molecule has 0 aliphatic heterocycles. The number of pyridine rings is 1. The van der Waals surface area contributed by atoms with Crippen molar-refractivity contribution in [3.63, 3.8) is 0 Å². The predicted octanol–water partition coefficient (Wildman–Crippen LogP) is 2.98. The maximum atomic E-state index is 12.4. The van der Waals surface area contributed by atoms with Gasteiger partial charge in [0, 0.05) is 18.2 Å². The van der Waals surface area contributed by atoms with Crippen molar-refractivity contribution in [3.8, 4) is 0 Å². The predicted molar refractivity (Wildman–Crippen MR) is 74.6 cm³/mol. The van der Waals surface area contributed by atoms with Gasteiger partial charge in [0.1, 0.15) is 17.0 Å². The van der Waals surface area contributed by atoms with Gasteiger partial charge in [-0.25, -0.2) is 4.98 Å². The van der Waals surface area contributed by atoms with Crippen LogP contribution in [0.1, 0.15) is 29.8 Å². The highest BCUT2D eigenvalue weighted by molar-refractivity contribution is 6.26. The van der Waals surface area contributed by atoms with Crippen molar-refractivity contribution in [3.05, 3.63) is 53.4 Å². The highest BCUT2D eigenvalue weighted by Gasteiger charge is 2.28. The van der Waals surface area contributed by atoms with E-state index < -0.39 is 5.78 Å². The summed E-state index contributed by atoms with van der Waals surface area (Å²) < 4.78 is 0. The third-order valence-corrected chi connectivity index (χ3v) is 3.44. The molecule has 0 saturated heterocycles. The summed E-state index contributed by atoms with van der Waals surface area (Å²) in [5.74, 6) is -0.895. The number of allylic oxidation sites excluding steroid dienone is 2. The molecule has 1 aliphatic carbocycles. The Morgan fingerprint density at radius 2 is 1.90 bits per heavy atom. The van der Waals surface area contributed by atoms with E-state index >= 15 is 0 Å². The lowest BCUT2D eigenvalue weighted by atomic mass is 9.92. The van der Waals surface area contributed by atoms with Crippen LogP contribution in [0.5, 0.6) is 0 Å². The number of carbonyl (C=O) groups excluding carboxylic acids is 2. The first-order valence-electron chi connectivity index (χ1n) is 6.52. The molecule has 0 radical (unpaired) electrons. The molecule has 0 saturated carbocycles. The van der Waals surface area contributed by atoms with Crippen LogP contribution in [0.25, 0.3) is 10.9 Å². The van der Waals surface area contributed by atoms with E-state index in [-0.39, 0.29) is 22.8 Å². The molecule has 0 spiro atoms. The summed E-state index contributed by atoms with van der Waals surface area (Å²) in [6.07, 6.45) is 1.27. The Labute approximate surface area is 115 Å². The minimum Gasteiger partial charge on any atom is -0.511 e. The summed E-state index contributed by atoms with van der Waals surface area (Å²) in [7, 11) is 0. The largest absolute Gasteiger partial charge is 0.511 e. The number of aliphatic hydroxyl groups is 1. The Morgan fingerprint density at radius 3 is 2.70 bits per heavy atom. The third-order valence-electron chi connectivity index (χ3n) is 3.44. The number of aromatic nitrogens is 1. The third kappa shape index (κ3) is 2.09. The zero-order valence-electron chi connectivity index (χ0n) is 10.8. The molecule has 1 heterocycles. The molecule has 0 fully saturated rings. The summed E-state index contributed by atoms with van der Waals surface area (Å²) in [5, 5.41) is 10.7. The Hall–Kier alpha value is -2.49. The first-order valence-corrected chi connectivity index (χ1v) is 6.52. The number of aliphatic hydroxyl groups excluding tert-OH is 1. The minimum absolute atomic E-state index is 0.0981. The van der Waals surface area contributed by atoms with Crippen molar-refractivity contribution >= 4 is 22.5 Å². The van der Waals surface area contributed by atoms with Crippen LogP contribution in [0.4, 0.5) is 0 Å². The number of carbonyl (C=O) groups is 2. The molecule has 2 aromatic rings. The average Bonchev–Trinajstić information content (AvgIpc) is 2.46. The van der Waals surface area contributed by atoms with E-state index in [1.165, 1.54) is 0 Å². The van der Waals surface area contributed by atoms with Crippen LogP contribution in [0.3, 0.4) is 0 Å². The lowest BCUT2D eigenvalue weighted by molar-refractivity contribution is -0.116. The molecular weight excluding hydrogens is 254 g/mol. The smallest absolute Gasteiger partial charge is 0.218 e. The van der Waals surface area contributed by atoms with E-state index in [9.17, 15) is 14.7 Å². The van der Waals surface area contributed by atoms with Crippen molar-refractivity contribution in [1.29, 1.82) is 0 Å². The minimum atomic E-state index is -0.488. The van der Waals surface area contributed by atoms with Crippen molar-refractivity contribution in [1.82, 2.24) is 4.98 Å². The van der Waals surface area contributed by atoms with Gasteiger partial charge in [-0.15, -0.1) is 0 Å². The standard InChI is InChI=1S/C16H13NO3/c18-13-6-3-7-14(19)15(13)16(20)12-9-8-10-4-1-2-5-11(10)17-12/h1-2,4-5,8-9,18H,3,6-7H2. The van der Waals surface area contributed by atoms with E-state index in [4.69, 9.17) is 0 Å². The van der Waals surface area contributed by atoms with Gasteiger partial charge in [-0.3, -0.25) is 9.59 Å². The molecule has 4 nitrogen and oxygen atoms in total. The van der Waals surface area contributed by atoms with Crippen LogP contribution in [0.15, 0.2) is 47.7 Å². The molecular formula is C16H13NO3. The number of fused-ring (bicyclic) bond motifs is 1. The molecule has 1 aliphatic rings. The maximum absolute atomic E-state index is 12.4. The molecule has 0 unspecified atom stereocenters. The number of Topliss-reactive ketones (excluding diaryl/α,β-unsaturated/α-hetero) is 2. The van der Waals surface area contributed by atoms with Gasteiger partial charge in [-0.05, 0) is 18.6 Å². The normalized spacial score (nSPS) is 15.7. The summed E-state index contributed by atoms with van der Waals surface area (Å²) in [6.45, 7) is 0. The number of benzene rings is 1. The molecule has 100 valence electrons. The van der Waals surface area contributed by atoms with Crippen molar-refractivity contribution in [2.75, 3.05) is 0 Å². The monoisotopic (exact) mass is 267 g/mol. The van der Waals surface area contributed by atoms with Gasteiger partial charge in [0.25, 0.3) is 0 Å². The zero-order valence-corrected chi connectivity index (χ0v) is 10.8. The zero-order chi connectivity index (χ0) is 14.1. The molecule has 0 amide bonds. The second kappa shape index (κ2) is 4.89. The lowest BCUT2D eigenvalue weighted by Crippen LogP contribution is -2.20. The van der Waals surface area contributed by atoms with Crippen LogP contribution < -0.4 is 0 Å². The van der Waals surface area contributed by atoms with Gasteiger partial charge in [0.15, 0.2) is 5.78 Å². The Balaban J connectivity index is 2.06. The van der Waals surface area contributed by atoms with Gasteiger partial charge in [0.2, 0.25) is 5.78 Å². The van der Waals surface area contributed by atoms with Crippen LogP contribution in [0.2, 0.25) is 0 Å². The molecule has 20 heavy (non-hydrogen) atoms.